The Morgan fingerprint density at radius 1 is 1.03 bits per heavy atom. The van der Waals surface area contributed by atoms with Gasteiger partial charge >= 0.3 is 5.97 Å². The quantitative estimate of drug-likeness (QED) is 0.511. The summed E-state index contributed by atoms with van der Waals surface area (Å²) in [6.07, 6.45) is 2.85. The number of anilines is 1. The highest BCUT2D eigenvalue weighted by atomic mass is 19.1. The number of carbonyl (C=O) groups excluding carboxylic acids is 2. The predicted octanol–water partition coefficient (Wildman–Crippen LogP) is 3.47. The number of benzene rings is 2. The highest BCUT2D eigenvalue weighted by molar-refractivity contribution is 5.98. The molecule has 0 radical (unpaired) electrons. The fraction of sp³-hybridized carbons (Fsp3) is 0.0476. The number of nitrogens with zero attached hydrogens (tertiary/aromatic N) is 3. The van der Waals surface area contributed by atoms with Gasteiger partial charge in [0.1, 0.15) is 17.2 Å². The molecule has 9 heteroatoms. The maximum Gasteiger partial charge on any atom is 0.344 e. The molecule has 0 aliphatic carbocycles. The van der Waals surface area contributed by atoms with Crippen molar-refractivity contribution in [2.45, 2.75) is 0 Å². The van der Waals surface area contributed by atoms with Crippen LogP contribution in [0.1, 0.15) is 10.4 Å². The van der Waals surface area contributed by atoms with E-state index >= 15 is 0 Å². The van der Waals surface area contributed by atoms with E-state index < -0.39 is 30.1 Å². The monoisotopic (exact) mass is 408 g/mol. The van der Waals surface area contributed by atoms with E-state index in [1.165, 1.54) is 10.7 Å². The van der Waals surface area contributed by atoms with Crippen LogP contribution in [0.3, 0.4) is 0 Å². The van der Waals surface area contributed by atoms with Gasteiger partial charge < -0.3 is 10.1 Å². The van der Waals surface area contributed by atoms with E-state index in [0.29, 0.717) is 6.07 Å². The van der Waals surface area contributed by atoms with E-state index in [2.05, 4.69) is 15.4 Å². The number of carbonyl (C=O) groups is 2. The van der Waals surface area contributed by atoms with Crippen LogP contribution in [0.25, 0.3) is 16.9 Å². The number of aromatic nitrogens is 3. The lowest BCUT2D eigenvalue weighted by molar-refractivity contribution is -0.119. The zero-order valence-corrected chi connectivity index (χ0v) is 15.4. The number of halogens is 2. The zero-order chi connectivity index (χ0) is 21.1. The Hall–Kier alpha value is -4.14. The molecule has 0 saturated carbocycles. The van der Waals surface area contributed by atoms with Crippen molar-refractivity contribution in [2.24, 2.45) is 0 Å². The smallest absolute Gasteiger partial charge is 0.344 e. The molecule has 0 saturated heterocycles. The van der Waals surface area contributed by atoms with E-state index in [9.17, 15) is 18.4 Å². The lowest BCUT2D eigenvalue weighted by Gasteiger charge is -2.07. The summed E-state index contributed by atoms with van der Waals surface area (Å²) < 4.78 is 32.9. The second-order valence-electron chi connectivity index (χ2n) is 6.27. The van der Waals surface area contributed by atoms with Gasteiger partial charge in [0, 0.05) is 23.5 Å². The fourth-order valence-electron chi connectivity index (χ4n) is 2.89. The molecule has 150 valence electrons. The number of fused-ring (bicyclic) bond motifs is 1. The van der Waals surface area contributed by atoms with E-state index in [1.807, 2.05) is 30.3 Å². The molecule has 0 unspecified atom stereocenters. The molecular formula is C21H14F2N4O3. The number of hydrogen-bond acceptors (Lipinski definition) is 5. The Kier molecular flexibility index (Phi) is 5.17. The first-order valence-electron chi connectivity index (χ1n) is 8.82. The van der Waals surface area contributed by atoms with Crippen molar-refractivity contribution in [1.82, 2.24) is 14.6 Å². The Morgan fingerprint density at radius 3 is 2.50 bits per heavy atom. The molecule has 0 bridgehead atoms. The van der Waals surface area contributed by atoms with Gasteiger partial charge in [0.05, 0.1) is 11.9 Å². The first-order valence-corrected chi connectivity index (χ1v) is 8.82. The van der Waals surface area contributed by atoms with E-state index in [-0.39, 0.29) is 16.9 Å². The van der Waals surface area contributed by atoms with Crippen molar-refractivity contribution < 1.29 is 23.1 Å². The molecule has 0 atom stereocenters. The van der Waals surface area contributed by atoms with Gasteiger partial charge in [0.2, 0.25) is 0 Å². The third-order valence-corrected chi connectivity index (χ3v) is 4.17. The van der Waals surface area contributed by atoms with Crippen LogP contribution >= 0.6 is 0 Å². The van der Waals surface area contributed by atoms with Crippen molar-refractivity contribution >= 4 is 23.2 Å². The lowest BCUT2D eigenvalue weighted by Crippen LogP contribution is -2.21. The standard InChI is InChI=1S/C21H14F2N4O3/c22-14-8-15(23)10-16(9-14)26-19(28)12-30-21(29)17-11-25-27-18(6-7-24-20(17)27)13-4-2-1-3-5-13/h1-11H,12H2,(H,26,28). The van der Waals surface area contributed by atoms with Crippen molar-refractivity contribution in [2.75, 3.05) is 11.9 Å². The Labute approximate surface area is 168 Å². The minimum atomic E-state index is -0.839. The van der Waals surface area contributed by atoms with E-state index in [1.54, 1.807) is 12.3 Å². The molecule has 1 N–H and O–H groups in total. The molecule has 7 nitrogen and oxygen atoms in total. The summed E-state index contributed by atoms with van der Waals surface area (Å²) in [7, 11) is 0. The van der Waals surface area contributed by atoms with Gasteiger partial charge in [-0.25, -0.2) is 23.1 Å². The molecule has 0 spiro atoms. The third kappa shape index (κ3) is 4.00. The van der Waals surface area contributed by atoms with Gasteiger partial charge in [0.25, 0.3) is 5.91 Å². The molecule has 2 aromatic carbocycles. The number of amides is 1. The molecule has 0 aliphatic rings. The SMILES string of the molecule is O=C(COC(=O)c1cnn2c(-c3ccccc3)ccnc12)Nc1cc(F)cc(F)c1. The average molecular weight is 408 g/mol. The summed E-state index contributed by atoms with van der Waals surface area (Å²) >= 11 is 0. The van der Waals surface area contributed by atoms with Gasteiger partial charge in [-0.3, -0.25) is 4.79 Å². The van der Waals surface area contributed by atoms with Gasteiger partial charge in [-0.1, -0.05) is 30.3 Å². The van der Waals surface area contributed by atoms with Crippen molar-refractivity contribution in [3.63, 3.8) is 0 Å². The van der Waals surface area contributed by atoms with Gasteiger partial charge in [-0.15, -0.1) is 0 Å². The summed E-state index contributed by atoms with van der Waals surface area (Å²) in [6, 6.07) is 13.8. The first kappa shape index (κ1) is 19.2. The fourth-order valence-corrected chi connectivity index (χ4v) is 2.89. The number of ether oxygens (including phenoxy) is 1. The van der Waals surface area contributed by atoms with Crippen molar-refractivity contribution in [3.8, 4) is 11.3 Å². The van der Waals surface area contributed by atoms with Crippen LogP contribution in [-0.2, 0) is 9.53 Å². The minimum Gasteiger partial charge on any atom is -0.452 e. The van der Waals surface area contributed by atoms with Crippen LogP contribution < -0.4 is 5.32 Å². The van der Waals surface area contributed by atoms with Gasteiger partial charge in [0.15, 0.2) is 12.3 Å². The maximum atomic E-state index is 13.2. The number of nitrogens with one attached hydrogen (secondary N) is 1. The molecule has 4 aromatic rings. The van der Waals surface area contributed by atoms with Crippen LogP contribution in [0.2, 0.25) is 0 Å². The summed E-state index contributed by atoms with van der Waals surface area (Å²) in [5.41, 5.74) is 1.88. The molecule has 0 fully saturated rings. The second kappa shape index (κ2) is 8.08. The average Bonchev–Trinajstić information content (AvgIpc) is 3.16. The van der Waals surface area contributed by atoms with Crippen LogP contribution in [0.4, 0.5) is 14.5 Å². The maximum absolute atomic E-state index is 13.2. The van der Waals surface area contributed by atoms with Crippen LogP contribution in [0, 0.1) is 11.6 Å². The van der Waals surface area contributed by atoms with Crippen LogP contribution in [0.15, 0.2) is 67.0 Å². The summed E-state index contributed by atoms with van der Waals surface area (Å²) in [6.45, 7) is -0.646. The van der Waals surface area contributed by atoms with Crippen LogP contribution in [0.5, 0.6) is 0 Å². The topological polar surface area (TPSA) is 85.6 Å². The van der Waals surface area contributed by atoms with Crippen LogP contribution in [-0.4, -0.2) is 33.1 Å². The first-order chi connectivity index (χ1) is 14.5. The Balaban J connectivity index is 1.48. The predicted molar refractivity (Wildman–Crippen MR) is 104 cm³/mol. The second-order valence-corrected chi connectivity index (χ2v) is 6.27. The molecule has 2 aromatic heterocycles. The van der Waals surface area contributed by atoms with Crippen molar-refractivity contribution in [1.29, 1.82) is 0 Å². The van der Waals surface area contributed by atoms with Gasteiger partial charge in [-0.05, 0) is 18.2 Å². The number of esters is 1. The van der Waals surface area contributed by atoms with E-state index in [0.717, 1.165) is 23.4 Å². The molecule has 2 heterocycles. The molecular weight excluding hydrogens is 394 g/mol. The van der Waals surface area contributed by atoms with Gasteiger partial charge in [-0.2, -0.15) is 5.10 Å². The summed E-state index contributed by atoms with van der Waals surface area (Å²) in [4.78, 5) is 28.5. The third-order valence-electron chi connectivity index (χ3n) is 4.17. The Bertz CT molecular complexity index is 1220. The molecule has 0 aliphatic heterocycles. The number of hydrogen-bond donors (Lipinski definition) is 1. The minimum absolute atomic E-state index is 0.0809. The lowest BCUT2D eigenvalue weighted by atomic mass is 10.1. The highest BCUT2D eigenvalue weighted by Crippen LogP contribution is 2.21. The largest absolute Gasteiger partial charge is 0.452 e. The summed E-state index contributed by atoms with van der Waals surface area (Å²) in [5.74, 6) is -3.23. The van der Waals surface area contributed by atoms with E-state index in [4.69, 9.17) is 4.74 Å². The Morgan fingerprint density at radius 2 is 1.77 bits per heavy atom. The number of rotatable bonds is 5. The highest BCUT2D eigenvalue weighted by Gasteiger charge is 2.18. The summed E-state index contributed by atoms with van der Waals surface area (Å²) in [5, 5.41) is 6.46. The molecule has 1 amide bonds. The zero-order valence-electron chi connectivity index (χ0n) is 15.4. The van der Waals surface area contributed by atoms with Crippen molar-refractivity contribution in [3.05, 3.63) is 84.2 Å². The normalized spacial score (nSPS) is 10.7. The molecule has 30 heavy (non-hydrogen) atoms. The molecule has 4 rings (SSSR count).